The number of rotatable bonds is 7. The van der Waals surface area contributed by atoms with E-state index in [0.717, 1.165) is 18.6 Å². The van der Waals surface area contributed by atoms with Crippen molar-refractivity contribution in [3.8, 4) is 16.9 Å². The molecule has 8 heteroatoms. The van der Waals surface area contributed by atoms with Gasteiger partial charge in [0.25, 0.3) is 0 Å². The number of alkyl halides is 2. The highest BCUT2D eigenvalue weighted by atomic mass is 19.2. The van der Waals surface area contributed by atoms with Gasteiger partial charge < -0.3 is 9.47 Å². The van der Waals surface area contributed by atoms with Gasteiger partial charge in [0.2, 0.25) is 5.82 Å². The quantitative estimate of drug-likeness (QED) is 0.285. The number of allylic oxidation sites excluding steroid dienone is 2. The first-order valence-electron chi connectivity index (χ1n) is 11.6. The molecule has 0 saturated carbocycles. The lowest BCUT2D eigenvalue weighted by Crippen LogP contribution is -2.36. The predicted molar refractivity (Wildman–Crippen MR) is 122 cm³/mol. The molecule has 188 valence electrons. The monoisotopic (exact) mass is 496 g/mol. The number of unbranched alkanes of at least 4 members (excludes halogenated alkanes) is 1. The Morgan fingerprint density at radius 1 is 0.886 bits per heavy atom. The topological polar surface area (TPSA) is 18.5 Å². The van der Waals surface area contributed by atoms with Crippen molar-refractivity contribution in [3.05, 3.63) is 70.3 Å². The zero-order valence-corrected chi connectivity index (χ0v) is 19.7. The van der Waals surface area contributed by atoms with Gasteiger partial charge in [0.05, 0.1) is 6.61 Å². The van der Waals surface area contributed by atoms with Crippen molar-refractivity contribution in [2.24, 2.45) is 0 Å². The van der Waals surface area contributed by atoms with E-state index in [9.17, 15) is 8.78 Å². The standard InChI is InChI=1S/C27H26F6O2/c1-4-6-13-34-18-10-9-17(22(29)23(18)30)16-8-7-14-15-11-12-27(3,35-5-2)26(33)20(15)25(32)24(31)19(14)21(16)28/h7-11,24-25H,4-6,12-13H2,1-3H3. The van der Waals surface area contributed by atoms with Crippen LogP contribution in [0.25, 0.3) is 16.7 Å². The largest absolute Gasteiger partial charge is 0.490 e. The predicted octanol–water partition coefficient (Wildman–Crippen LogP) is 8.12. The third-order valence-corrected chi connectivity index (χ3v) is 6.52. The molecule has 0 fully saturated rings. The lowest BCUT2D eigenvalue weighted by atomic mass is 9.74. The molecule has 3 atom stereocenters. The average molecular weight is 496 g/mol. The zero-order valence-electron chi connectivity index (χ0n) is 19.7. The second kappa shape index (κ2) is 9.72. The Balaban J connectivity index is 1.79. The summed E-state index contributed by atoms with van der Waals surface area (Å²) in [6.45, 7) is 5.36. The zero-order chi connectivity index (χ0) is 25.5. The molecule has 0 saturated heterocycles. The maximum atomic E-state index is 15.6. The number of hydrogen-bond donors (Lipinski definition) is 0. The van der Waals surface area contributed by atoms with E-state index in [1.807, 2.05) is 6.92 Å². The summed E-state index contributed by atoms with van der Waals surface area (Å²) >= 11 is 0. The highest BCUT2D eigenvalue weighted by molar-refractivity contribution is 5.88. The molecule has 4 rings (SSSR count). The van der Waals surface area contributed by atoms with Gasteiger partial charge in [-0.25, -0.2) is 22.0 Å². The van der Waals surface area contributed by atoms with Gasteiger partial charge in [-0.15, -0.1) is 0 Å². The molecule has 0 aromatic heterocycles. The fourth-order valence-electron chi connectivity index (χ4n) is 4.64. The Labute approximate surface area is 200 Å². The molecule has 0 spiro atoms. The highest BCUT2D eigenvalue weighted by Gasteiger charge is 2.47. The summed E-state index contributed by atoms with van der Waals surface area (Å²) in [6, 6.07) is 4.73. The summed E-state index contributed by atoms with van der Waals surface area (Å²) < 4.78 is 101. The van der Waals surface area contributed by atoms with E-state index in [4.69, 9.17) is 9.47 Å². The molecule has 3 unspecified atom stereocenters. The Bertz CT molecular complexity index is 1200. The lowest BCUT2D eigenvalue weighted by Gasteiger charge is -2.38. The Morgan fingerprint density at radius 2 is 1.54 bits per heavy atom. The molecular formula is C27H26F6O2. The van der Waals surface area contributed by atoms with Crippen LogP contribution in [0.2, 0.25) is 0 Å². The summed E-state index contributed by atoms with van der Waals surface area (Å²) in [4.78, 5) is 0. The van der Waals surface area contributed by atoms with Crippen LogP contribution in [0, 0.1) is 17.5 Å². The summed E-state index contributed by atoms with van der Waals surface area (Å²) in [5.41, 5.74) is -3.49. The molecule has 0 N–H and O–H groups in total. The van der Waals surface area contributed by atoms with Crippen molar-refractivity contribution in [2.45, 2.75) is 58.0 Å². The van der Waals surface area contributed by atoms with E-state index in [1.165, 1.54) is 25.1 Å². The molecule has 0 aliphatic heterocycles. The van der Waals surface area contributed by atoms with Gasteiger partial charge in [0.1, 0.15) is 17.2 Å². The van der Waals surface area contributed by atoms with Crippen LogP contribution in [0.15, 0.2) is 41.7 Å². The van der Waals surface area contributed by atoms with E-state index in [-0.39, 0.29) is 36.5 Å². The van der Waals surface area contributed by atoms with E-state index in [2.05, 4.69) is 0 Å². The molecule has 2 aromatic rings. The molecule has 2 aliphatic carbocycles. The number of fused-ring (bicyclic) bond motifs is 3. The SMILES string of the molecule is CCCCOc1ccc(-c2ccc3c(c2F)C(F)C(F)C2=C(F)C(C)(OCC)CC=C23)c(F)c1F. The van der Waals surface area contributed by atoms with Crippen LogP contribution in [0.5, 0.6) is 5.75 Å². The Morgan fingerprint density at radius 3 is 2.23 bits per heavy atom. The van der Waals surface area contributed by atoms with Gasteiger partial charge in [0, 0.05) is 35.3 Å². The number of benzene rings is 2. The second-order valence-corrected chi connectivity index (χ2v) is 8.85. The van der Waals surface area contributed by atoms with E-state index in [0.29, 0.717) is 6.42 Å². The van der Waals surface area contributed by atoms with E-state index >= 15 is 17.6 Å². The highest BCUT2D eigenvalue weighted by Crippen LogP contribution is 2.52. The van der Waals surface area contributed by atoms with Crippen molar-refractivity contribution in [3.63, 3.8) is 0 Å². The van der Waals surface area contributed by atoms with Crippen molar-refractivity contribution in [1.82, 2.24) is 0 Å². The minimum Gasteiger partial charge on any atom is -0.490 e. The third-order valence-electron chi connectivity index (χ3n) is 6.52. The molecule has 2 aliphatic rings. The molecular weight excluding hydrogens is 470 g/mol. The van der Waals surface area contributed by atoms with Crippen LogP contribution in [0.1, 0.15) is 57.3 Å². The van der Waals surface area contributed by atoms with Crippen molar-refractivity contribution in [2.75, 3.05) is 13.2 Å². The van der Waals surface area contributed by atoms with Crippen LogP contribution >= 0.6 is 0 Å². The molecule has 0 amide bonds. The van der Waals surface area contributed by atoms with E-state index < -0.39 is 63.5 Å². The molecule has 0 radical (unpaired) electrons. The summed E-state index contributed by atoms with van der Waals surface area (Å²) in [6.07, 6.45) is -2.07. The van der Waals surface area contributed by atoms with Gasteiger partial charge in [0.15, 0.2) is 23.9 Å². The molecule has 35 heavy (non-hydrogen) atoms. The maximum Gasteiger partial charge on any atom is 0.201 e. The van der Waals surface area contributed by atoms with E-state index in [1.54, 1.807) is 6.92 Å². The fraction of sp³-hybridized carbons (Fsp3) is 0.407. The first-order valence-corrected chi connectivity index (χ1v) is 11.6. The number of halogens is 6. The Kier molecular flexibility index (Phi) is 7.04. The number of hydrogen-bond acceptors (Lipinski definition) is 2. The summed E-state index contributed by atoms with van der Waals surface area (Å²) in [5.74, 6) is -5.14. The lowest BCUT2D eigenvalue weighted by molar-refractivity contribution is -0.0126. The molecule has 2 aromatic carbocycles. The van der Waals surface area contributed by atoms with Gasteiger partial charge in [-0.05, 0) is 43.5 Å². The smallest absolute Gasteiger partial charge is 0.201 e. The van der Waals surface area contributed by atoms with Crippen molar-refractivity contribution in [1.29, 1.82) is 0 Å². The van der Waals surface area contributed by atoms with Crippen molar-refractivity contribution >= 4 is 5.57 Å². The van der Waals surface area contributed by atoms with Gasteiger partial charge in [-0.1, -0.05) is 31.6 Å². The van der Waals surface area contributed by atoms with Crippen LogP contribution in [-0.4, -0.2) is 25.0 Å². The van der Waals surface area contributed by atoms with Crippen LogP contribution in [0.4, 0.5) is 26.3 Å². The minimum absolute atomic E-state index is 0.0308. The van der Waals surface area contributed by atoms with Crippen LogP contribution in [0.3, 0.4) is 0 Å². The second-order valence-electron chi connectivity index (χ2n) is 8.85. The van der Waals surface area contributed by atoms with Gasteiger partial charge in [-0.3, -0.25) is 0 Å². The third kappa shape index (κ3) is 4.15. The first kappa shape index (κ1) is 25.4. The molecule has 0 heterocycles. The Hall–Kier alpha value is -2.74. The van der Waals surface area contributed by atoms with Gasteiger partial charge in [-0.2, -0.15) is 4.39 Å². The first-order chi connectivity index (χ1) is 16.7. The van der Waals surface area contributed by atoms with Gasteiger partial charge >= 0.3 is 0 Å². The summed E-state index contributed by atoms with van der Waals surface area (Å²) in [7, 11) is 0. The normalized spacial score (nSPS) is 23.6. The fourth-order valence-corrected chi connectivity index (χ4v) is 4.64. The molecule has 0 bridgehead atoms. The van der Waals surface area contributed by atoms with Crippen LogP contribution < -0.4 is 4.74 Å². The minimum atomic E-state index is -2.55. The number of ether oxygens (including phenoxy) is 2. The average Bonchev–Trinajstić information content (AvgIpc) is 2.83. The summed E-state index contributed by atoms with van der Waals surface area (Å²) in [5, 5.41) is 0. The van der Waals surface area contributed by atoms with Crippen molar-refractivity contribution < 1.29 is 35.8 Å². The van der Waals surface area contributed by atoms with Crippen LogP contribution in [-0.2, 0) is 4.74 Å². The molecule has 2 nitrogen and oxygen atoms in total. The maximum absolute atomic E-state index is 15.6.